The van der Waals surface area contributed by atoms with Gasteiger partial charge in [0.2, 0.25) is 11.8 Å². The van der Waals surface area contributed by atoms with Crippen LogP contribution in [0.5, 0.6) is 0 Å². The van der Waals surface area contributed by atoms with Crippen LogP contribution in [0.3, 0.4) is 0 Å². The van der Waals surface area contributed by atoms with Crippen molar-refractivity contribution < 1.29 is 9.59 Å². The molecule has 2 unspecified atom stereocenters. The first kappa shape index (κ1) is 16.2. The number of hydrogen-bond acceptors (Lipinski definition) is 4. The molecule has 126 valence electrons. The number of benzene rings is 1. The lowest BCUT2D eigenvalue weighted by atomic mass is 10.1. The van der Waals surface area contributed by atoms with Crippen LogP contribution >= 0.6 is 0 Å². The van der Waals surface area contributed by atoms with Crippen molar-refractivity contribution >= 4 is 11.8 Å². The molecule has 7 nitrogen and oxygen atoms in total. The van der Waals surface area contributed by atoms with Crippen LogP contribution in [0.2, 0.25) is 0 Å². The Hall–Kier alpha value is -2.70. The summed E-state index contributed by atoms with van der Waals surface area (Å²) in [6, 6.07) is 7.31. The summed E-state index contributed by atoms with van der Waals surface area (Å²) in [5.41, 5.74) is 1.91. The average molecular weight is 327 g/mol. The Morgan fingerprint density at radius 1 is 1.29 bits per heavy atom. The van der Waals surface area contributed by atoms with E-state index in [0.717, 1.165) is 24.1 Å². The molecule has 1 aliphatic heterocycles. The zero-order chi connectivity index (χ0) is 17.1. The van der Waals surface area contributed by atoms with E-state index in [0.29, 0.717) is 6.54 Å². The van der Waals surface area contributed by atoms with Gasteiger partial charge < -0.3 is 10.2 Å². The van der Waals surface area contributed by atoms with E-state index < -0.39 is 0 Å². The SMILES string of the molecule is CC(=O)N1CCCC1C(=O)NC(C)c1ccc(-n2cncn2)cc1. The summed E-state index contributed by atoms with van der Waals surface area (Å²) in [5.74, 6) is -0.131. The number of aromatic nitrogens is 3. The summed E-state index contributed by atoms with van der Waals surface area (Å²) < 4.78 is 1.68. The molecule has 1 fully saturated rings. The van der Waals surface area contributed by atoms with Crippen LogP contribution in [0.15, 0.2) is 36.9 Å². The lowest BCUT2D eigenvalue weighted by Gasteiger charge is -2.24. The van der Waals surface area contributed by atoms with Gasteiger partial charge >= 0.3 is 0 Å². The lowest BCUT2D eigenvalue weighted by Crippen LogP contribution is -2.45. The molecular formula is C17H21N5O2. The number of nitrogens with one attached hydrogen (secondary N) is 1. The predicted molar refractivity (Wildman–Crippen MR) is 88.3 cm³/mol. The van der Waals surface area contributed by atoms with Gasteiger partial charge in [-0.25, -0.2) is 9.67 Å². The highest BCUT2D eigenvalue weighted by Gasteiger charge is 2.32. The van der Waals surface area contributed by atoms with E-state index in [4.69, 9.17) is 0 Å². The van der Waals surface area contributed by atoms with Crippen LogP contribution in [-0.2, 0) is 9.59 Å². The van der Waals surface area contributed by atoms with Crippen LogP contribution < -0.4 is 5.32 Å². The number of hydrogen-bond donors (Lipinski definition) is 1. The average Bonchev–Trinajstić information content (AvgIpc) is 3.26. The highest BCUT2D eigenvalue weighted by molar-refractivity contribution is 5.87. The Morgan fingerprint density at radius 3 is 2.67 bits per heavy atom. The van der Waals surface area contributed by atoms with Gasteiger partial charge in [0.15, 0.2) is 0 Å². The number of carbonyl (C=O) groups is 2. The van der Waals surface area contributed by atoms with E-state index in [2.05, 4.69) is 15.4 Å². The van der Waals surface area contributed by atoms with Crippen molar-refractivity contribution in [1.82, 2.24) is 25.0 Å². The zero-order valence-corrected chi connectivity index (χ0v) is 13.8. The Kier molecular flexibility index (Phi) is 4.59. The topological polar surface area (TPSA) is 80.1 Å². The van der Waals surface area contributed by atoms with Crippen LogP contribution in [0.25, 0.3) is 5.69 Å². The fourth-order valence-corrected chi connectivity index (χ4v) is 3.07. The van der Waals surface area contributed by atoms with E-state index >= 15 is 0 Å². The van der Waals surface area contributed by atoms with E-state index in [1.807, 2.05) is 31.2 Å². The second-order valence-electron chi connectivity index (χ2n) is 6.03. The van der Waals surface area contributed by atoms with Gasteiger partial charge in [-0.1, -0.05) is 12.1 Å². The summed E-state index contributed by atoms with van der Waals surface area (Å²) >= 11 is 0. The second kappa shape index (κ2) is 6.82. The number of amides is 2. The Labute approximate surface area is 140 Å². The maximum Gasteiger partial charge on any atom is 0.243 e. The summed E-state index contributed by atoms with van der Waals surface area (Å²) in [5, 5.41) is 7.09. The first-order valence-corrected chi connectivity index (χ1v) is 8.09. The van der Waals surface area contributed by atoms with E-state index in [1.165, 1.54) is 13.3 Å². The van der Waals surface area contributed by atoms with Crippen molar-refractivity contribution in [1.29, 1.82) is 0 Å². The number of nitrogens with zero attached hydrogens (tertiary/aromatic N) is 4. The largest absolute Gasteiger partial charge is 0.348 e. The second-order valence-corrected chi connectivity index (χ2v) is 6.03. The first-order chi connectivity index (χ1) is 11.6. The minimum absolute atomic E-state index is 0.0440. The van der Waals surface area contributed by atoms with Gasteiger partial charge in [0.25, 0.3) is 0 Å². The van der Waals surface area contributed by atoms with E-state index in [1.54, 1.807) is 15.9 Å². The molecule has 2 amide bonds. The smallest absolute Gasteiger partial charge is 0.243 e. The van der Waals surface area contributed by atoms with Crippen LogP contribution in [0, 0.1) is 0 Å². The minimum Gasteiger partial charge on any atom is -0.348 e. The Morgan fingerprint density at radius 2 is 2.04 bits per heavy atom. The van der Waals surface area contributed by atoms with Crippen molar-refractivity contribution in [2.45, 2.75) is 38.8 Å². The Balaban J connectivity index is 1.65. The molecule has 0 radical (unpaired) electrons. The molecule has 2 aromatic rings. The third kappa shape index (κ3) is 3.29. The molecule has 1 aliphatic rings. The molecule has 0 saturated carbocycles. The monoisotopic (exact) mass is 327 g/mol. The number of rotatable bonds is 4. The quantitative estimate of drug-likeness (QED) is 0.922. The maximum atomic E-state index is 12.5. The molecule has 24 heavy (non-hydrogen) atoms. The van der Waals surface area contributed by atoms with Crippen LogP contribution in [0.4, 0.5) is 0 Å². The molecule has 3 rings (SSSR count). The van der Waals surface area contributed by atoms with Crippen molar-refractivity contribution in [3.8, 4) is 5.69 Å². The number of carbonyl (C=O) groups excluding carboxylic acids is 2. The van der Waals surface area contributed by atoms with Gasteiger partial charge in [0.05, 0.1) is 11.7 Å². The van der Waals surface area contributed by atoms with E-state index in [9.17, 15) is 9.59 Å². The summed E-state index contributed by atoms with van der Waals surface area (Å²) in [4.78, 5) is 29.6. The van der Waals surface area contributed by atoms with Gasteiger partial charge in [-0.15, -0.1) is 0 Å². The molecule has 2 heterocycles. The molecule has 1 saturated heterocycles. The summed E-state index contributed by atoms with van der Waals surface area (Å²) in [6.45, 7) is 4.11. The molecule has 1 aromatic heterocycles. The molecule has 0 aliphatic carbocycles. The van der Waals surface area contributed by atoms with E-state index in [-0.39, 0.29) is 23.9 Å². The fourth-order valence-electron chi connectivity index (χ4n) is 3.07. The highest BCUT2D eigenvalue weighted by atomic mass is 16.2. The highest BCUT2D eigenvalue weighted by Crippen LogP contribution is 2.20. The summed E-state index contributed by atoms with van der Waals surface area (Å²) in [6.07, 6.45) is 4.72. The molecule has 2 atom stereocenters. The van der Waals surface area contributed by atoms with Gasteiger partial charge in [0.1, 0.15) is 18.7 Å². The van der Waals surface area contributed by atoms with Crippen LogP contribution in [-0.4, -0.2) is 44.1 Å². The normalized spacial score (nSPS) is 18.4. The van der Waals surface area contributed by atoms with Gasteiger partial charge in [-0.05, 0) is 37.5 Å². The Bertz CT molecular complexity index is 711. The maximum absolute atomic E-state index is 12.5. The zero-order valence-electron chi connectivity index (χ0n) is 13.8. The lowest BCUT2D eigenvalue weighted by molar-refractivity contribution is -0.137. The first-order valence-electron chi connectivity index (χ1n) is 8.09. The molecule has 7 heteroatoms. The van der Waals surface area contributed by atoms with Crippen LogP contribution in [0.1, 0.15) is 38.3 Å². The fraction of sp³-hybridized carbons (Fsp3) is 0.412. The molecule has 0 bridgehead atoms. The predicted octanol–water partition coefficient (Wildman–Crippen LogP) is 1.46. The van der Waals surface area contributed by atoms with Crippen molar-refractivity contribution in [2.24, 2.45) is 0 Å². The van der Waals surface area contributed by atoms with Gasteiger partial charge in [-0.3, -0.25) is 9.59 Å². The van der Waals surface area contributed by atoms with Gasteiger partial charge in [0, 0.05) is 13.5 Å². The third-order valence-electron chi connectivity index (χ3n) is 4.40. The standard InChI is InChI=1S/C17H21N5O2/c1-12(20-17(24)16-4-3-9-21(16)13(2)23)14-5-7-15(8-6-14)22-11-18-10-19-22/h5-8,10-12,16H,3-4,9H2,1-2H3,(H,20,24). The summed E-state index contributed by atoms with van der Waals surface area (Å²) in [7, 11) is 0. The third-order valence-corrected chi connectivity index (χ3v) is 4.40. The number of likely N-dealkylation sites (tertiary alicyclic amines) is 1. The molecule has 1 aromatic carbocycles. The van der Waals surface area contributed by atoms with Crippen molar-refractivity contribution in [3.05, 3.63) is 42.5 Å². The van der Waals surface area contributed by atoms with Gasteiger partial charge in [-0.2, -0.15) is 5.10 Å². The van der Waals surface area contributed by atoms with Crippen molar-refractivity contribution in [3.63, 3.8) is 0 Å². The minimum atomic E-state index is -0.348. The van der Waals surface area contributed by atoms with Crippen molar-refractivity contribution in [2.75, 3.05) is 6.54 Å². The molecule has 1 N–H and O–H groups in total. The molecular weight excluding hydrogens is 306 g/mol. The molecule has 0 spiro atoms.